The van der Waals surface area contributed by atoms with Crippen molar-refractivity contribution in [3.8, 4) is 0 Å². The Morgan fingerprint density at radius 3 is 2.81 bits per heavy atom. The maximum absolute atomic E-state index is 13.9. The number of carbonyl (C=O) groups is 1. The van der Waals surface area contributed by atoms with Crippen molar-refractivity contribution in [1.29, 1.82) is 0 Å². The zero-order chi connectivity index (χ0) is 15.0. The van der Waals surface area contributed by atoms with Gasteiger partial charge in [0.15, 0.2) is 0 Å². The van der Waals surface area contributed by atoms with Gasteiger partial charge in [0.1, 0.15) is 5.82 Å². The van der Waals surface area contributed by atoms with Crippen LogP contribution < -0.4 is 0 Å². The van der Waals surface area contributed by atoms with E-state index in [1.54, 1.807) is 16.3 Å². The Balaban J connectivity index is 1.80. The van der Waals surface area contributed by atoms with Gasteiger partial charge in [-0.1, -0.05) is 6.07 Å². The van der Waals surface area contributed by atoms with Crippen LogP contribution in [0.15, 0.2) is 29.0 Å². The highest BCUT2D eigenvalue weighted by atomic mass is 127. The number of β-amino-alcohol motifs (C(OH)–C–C–N with tert-alkyl or cyclic N) is 1. The summed E-state index contributed by atoms with van der Waals surface area (Å²) in [7, 11) is 0. The predicted octanol–water partition coefficient (Wildman–Crippen LogP) is 2.90. The summed E-state index contributed by atoms with van der Waals surface area (Å²) < 4.78 is 14.8. The zero-order valence-electron chi connectivity index (χ0n) is 11.1. The summed E-state index contributed by atoms with van der Waals surface area (Å²) in [5, 5.41) is 13.0. The summed E-state index contributed by atoms with van der Waals surface area (Å²) in [6.07, 6.45) is -0.00587. The van der Waals surface area contributed by atoms with Gasteiger partial charge in [-0.15, -0.1) is 0 Å². The third-order valence-electron chi connectivity index (χ3n) is 3.52. The van der Waals surface area contributed by atoms with Crippen LogP contribution in [0.2, 0.25) is 0 Å². The molecule has 1 aliphatic heterocycles. The van der Waals surface area contributed by atoms with Gasteiger partial charge in [-0.2, -0.15) is 11.3 Å². The van der Waals surface area contributed by atoms with Crippen molar-refractivity contribution in [2.75, 3.05) is 13.1 Å². The molecule has 1 aliphatic rings. The SMILES string of the molecule is O=C(c1cscc1Cc1ccc(I)cc1F)N1CC(O)C1. The predicted molar refractivity (Wildman–Crippen MR) is 88.2 cm³/mol. The average molecular weight is 417 g/mol. The number of thiophene rings is 1. The van der Waals surface area contributed by atoms with E-state index in [1.165, 1.54) is 17.4 Å². The van der Waals surface area contributed by atoms with Crippen molar-refractivity contribution in [1.82, 2.24) is 4.90 Å². The molecule has 0 bridgehead atoms. The van der Waals surface area contributed by atoms with Crippen LogP contribution >= 0.6 is 33.9 Å². The second-order valence-electron chi connectivity index (χ2n) is 5.09. The number of likely N-dealkylation sites (tertiary alicyclic amines) is 1. The Kier molecular flexibility index (Phi) is 4.28. The molecule has 0 radical (unpaired) electrons. The molecule has 0 unspecified atom stereocenters. The van der Waals surface area contributed by atoms with Crippen molar-refractivity contribution >= 4 is 39.8 Å². The van der Waals surface area contributed by atoms with E-state index in [1.807, 2.05) is 11.4 Å². The Hall–Kier alpha value is -0.990. The van der Waals surface area contributed by atoms with Gasteiger partial charge in [-0.05, 0) is 51.2 Å². The Labute approximate surface area is 139 Å². The normalized spacial score (nSPS) is 15.1. The maximum Gasteiger partial charge on any atom is 0.255 e. The molecule has 3 nitrogen and oxygen atoms in total. The second kappa shape index (κ2) is 6.02. The van der Waals surface area contributed by atoms with Crippen LogP contribution in [0, 0.1) is 9.39 Å². The number of carbonyl (C=O) groups excluding carboxylic acids is 1. The Bertz CT molecular complexity index is 682. The summed E-state index contributed by atoms with van der Waals surface area (Å²) in [5.74, 6) is -0.326. The van der Waals surface area contributed by atoms with E-state index >= 15 is 0 Å². The number of hydrogen-bond donors (Lipinski definition) is 1. The van der Waals surface area contributed by atoms with Gasteiger partial charge in [-0.25, -0.2) is 4.39 Å². The molecule has 0 atom stereocenters. The number of amides is 1. The largest absolute Gasteiger partial charge is 0.389 e. The van der Waals surface area contributed by atoms with Crippen molar-refractivity contribution < 1.29 is 14.3 Å². The van der Waals surface area contributed by atoms with Crippen LogP contribution in [-0.4, -0.2) is 35.1 Å². The number of rotatable bonds is 3. The lowest BCUT2D eigenvalue weighted by atomic mass is 10.0. The van der Waals surface area contributed by atoms with Crippen molar-refractivity contribution in [3.63, 3.8) is 0 Å². The van der Waals surface area contributed by atoms with Crippen LogP contribution in [0.4, 0.5) is 4.39 Å². The molecular weight excluding hydrogens is 404 g/mol. The van der Waals surface area contributed by atoms with Gasteiger partial charge in [0.25, 0.3) is 5.91 Å². The van der Waals surface area contributed by atoms with Gasteiger partial charge in [0, 0.05) is 28.5 Å². The fraction of sp³-hybridized carbons (Fsp3) is 0.267. The first-order valence-electron chi connectivity index (χ1n) is 6.51. The molecule has 3 rings (SSSR count). The first-order chi connectivity index (χ1) is 10.0. The minimum Gasteiger partial charge on any atom is -0.389 e. The number of nitrogens with zero attached hydrogens (tertiary/aromatic N) is 1. The van der Waals surface area contributed by atoms with Gasteiger partial charge in [-0.3, -0.25) is 4.79 Å². The molecule has 1 fully saturated rings. The molecule has 1 aromatic carbocycles. The highest BCUT2D eigenvalue weighted by Crippen LogP contribution is 2.24. The first kappa shape index (κ1) is 14.9. The van der Waals surface area contributed by atoms with E-state index in [0.717, 1.165) is 9.13 Å². The molecule has 2 aromatic rings. The topological polar surface area (TPSA) is 40.5 Å². The summed E-state index contributed by atoms with van der Waals surface area (Å²) in [6, 6.07) is 5.12. The van der Waals surface area contributed by atoms with E-state index in [4.69, 9.17) is 0 Å². The number of aliphatic hydroxyl groups excluding tert-OH is 1. The molecule has 1 saturated heterocycles. The Morgan fingerprint density at radius 2 is 2.14 bits per heavy atom. The van der Waals surface area contributed by atoms with Crippen molar-refractivity contribution in [2.45, 2.75) is 12.5 Å². The van der Waals surface area contributed by atoms with Crippen LogP contribution in [0.3, 0.4) is 0 Å². The molecule has 21 heavy (non-hydrogen) atoms. The number of halogens is 2. The highest BCUT2D eigenvalue weighted by molar-refractivity contribution is 14.1. The first-order valence-corrected chi connectivity index (χ1v) is 8.53. The van der Waals surface area contributed by atoms with Crippen LogP contribution in [0.5, 0.6) is 0 Å². The van der Waals surface area contributed by atoms with Crippen LogP contribution in [-0.2, 0) is 6.42 Å². The van der Waals surface area contributed by atoms with E-state index in [-0.39, 0.29) is 11.7 Å². The molecule has 1 N–H and O–H groups in total. The number of aliphatic hydroxyl groups is 1. The molecule has 0 spiro atoms. The number of benzene rings is 1. The summed E-state index contributed by atoms with van der Waals surface area (Å²) in [4.78, 5) is 13.9. The van der Waals surface area contributed by atoms with E-state index in [9.17, 15) is 14.3 Å². The fourth-order valence-corrected chi connectivity index (χ4v) is 3.59. The lowest BCUT2D eigenvalue weighted by Gasteiger charge is -2.35. The number of hydrogen-bond acceptors (Lipinski definition) is 3. The van der Waals surface area contributed by atoms with Gasteiger partial charge < -0.3 is 10.0 Å². The summed E-state index contributed by atoms with van der Waals surface area (Å²) in [6.45, 7) is 0.762. The molecule has 110 valence electrons. The minimum atomic E-state index is -0.412. The molecule has 2 heterocycles. The molecule has 0 saturated carbocycles. The molecular formula is C15H13FINO2S. The summed E-state index contributed by atoms with van der Waals surface area (Å²) >= 11 is 3.51. The Morgan fingerprint density at radius 1 is 1.38 bits per heavy atom. The third-order valence-corrected chi connectivity index (χ3v) is 4.98. The van der Waals surface area contributed by atoms with E-state index in [0.29, 0.717) is 30.6 Å². The molecule has 0 aliphatic carbocycles. The van der Waals surface area contributed by atoms with Crippen LogP contribution in [0.1, 0.15) is 21.5 Å². The van der Waals surface area contributed by atoms with E-state index < -0.39 is 6.10 Å². The highest BCUT2D eigenvalue weighted by Gasteiger charge is 2.30. The zero-order valence-corrected chi connectivity index (χ0v) is 14.0. The standard InChI is InChI=1S/C15H13FINO2S/c16-14-4-11(17)2-1-9(14)3-10-7-21-8-13(10)15(20)18-5-12(19)6-18/h1-2,4,7-8,12,19H,3,5-6H2. The van der Waals surface area contributed by atoms with Crippen LogP contribution in [0.25, 0.3) is 0 Å². The van der Waals surface area contributed by atoms with Gasteiger partial charge in [0.05, 0.1) is 11.7 Å². The quantitative estimate of drug-likeness (QED) is 0.781. The van der Waals surface area contributed by atoms with Crippen molar-refractivity contribution in [2.24, 2.45) is 0 Å². The monoisotopic (exact) mass is 417 g/mol. The van der Waals surface area contributed by atoms with Gasteiger partial charge in [0.2, 0.25) is 0 Å². The lowest BCUT2D eigenvalue weighted by Crippen LogP contribution is -2.53. The smallest absolute Gasteiger partial charge is 0.255 e. The van der Waals surface area contributed by atoms with E-state index in [2.05, 4.69) is 22.6 Å². The third kappa shape index (κ3) is 3.12. The summed E-state index contributed by atoms with van der Waals surface area (Å²) in [5.41, 5.74) is 2.04. The molecule has 1 amide bonds. The minimum absolute atomic E-state index is 0.0810. The van der Waals surface area contributed by atoms with Gasteiger partial charge >= 0.3 is 0 Å². The molecule has 1 aromatic heterocycles. The lowest BCUT2D eigenvalue weighted by molar-refractivity contribution is 0.00587. The maximum atomic E-state index is 13.9. The molecule has 6 heteroatoms. The average Bonchev–Trinajstić information content (AvgIpc) is 2.86. The van der Waals surface area contributed by atoms with Crippen molar-refractivity contribution in [3.05, 3.63) is 55.0 Å². The fourth-order valence-electron chi connectivity index (χ4n) is 2.31. The second-order valence-corrected chi connectivity index (χ2v) is 7.08.